The van der Waals surface area contributed by atoms with E-state index in [1.165, 1.54) is 0 Å². The van der Waals surface area contributed by atoms with Crippen molar-refractivity contribution in [2.24, 2.45) is 5.92 Å². The van der Waals surface area contributed by atoms with Crippen LogP contribution in [0.15, 0.2) is 36.4 Å². The van der Waals surface area contributed by atoms with Crippen LogP contribution in [0.5, 0.6) is 5.75 Å². The van der Waals surface area contributed by atoms with Crippen molar-refractivity contribution in [2.75, 3.05) is 11.6 Å². The van der Waals surface area contributed by atoms with Crippen LogP contribution in [-0.4, -0.2) is 17.6 Å². The molecule has 1 unspecified atom stereocenters. The number of rotatable bonds is 3. The molecular formula is C16H18N2O2. The molecule has 0 bridgehead atoms. The van der Waals surface area contributed by atoms with Gasteiger partial charge < -0.3 is 5.11 Å². The van der Waals surface area contributed by atoms with Crippen LogP contribution in [-0.2, 0) is 4.79 Å². The molecule has 0 saturated carbocycles. The van der Waals surface area contributed by atoms with Crippen molar-refractivity contribution in [3.05, 3.63) is 36.4 Å². The van der Waals surface area contributed by atoms with Gasteiger partial charge in [0.05, 0.1) is 18.2 Å². The number of nitrogens with one attached hydrogen (secondary N) is 1. The first-order chi connectivity index (χ1) is 9.67. The fourth-order valence-electron chi connectivity index (χ4n) is 2.70. The molecule has 4 nitrogen and oxygen atoms in total. The lowest BCUT2D eigenvalue weighted by molar-refractivity contribution is -0.122. The fourth-order valence-corrected chi connectivity index (χ4v) is 2.70. The van der Waals surface area contributed by atoms with E-state index in [2.05, 4.69) is 12.3 Å². The lowest BCUT2D eigenvalue weighted by atomic mass is 10.0. The second kappa shape index (κ2) is 5.04. The van der Waals surface area contributed by atoms with Crippen LogP contribution in [0.25, 0.3) is 10.8 Å². The lowest BCUT2D eigenvalue weighted by Crippen LogP contribution is -2.32. The second-order valence-corrected chi connectivity index (χ2v) is 5.29. The molecule has 0 radical (unpaired) electrons. The highest BCUT2D eigenvalue weighted by molar-refractivity contribution is 5.89. The van der Waals surface area contributed by atoms with Gasteiger partial charge in [-0.15, -0.1) is 0 Å². The Hall–Kier alpha value is -2.23. The van der Waals surface area contributed by atoms with Crippen LogP contribution in [0.4, 0.5) is 5.69 Å². The first-order valence-corrected chi connectivity index (χ1v) is 6.98. The molecule has 1 saturated heterocycles. The van der Waals surface area contributed by atoms with Gasteiger partial charge in [0, 0.05) is 0 Å². The molecule has 1 atom stereocenters. The summed E-state index contributed by atoms with van der Waals surface area (Å²) in [5.74, 6) is 0.423. The Balaban J connectivity index is 1.89. The Morgan fingerprint density at radius 1 is 1.25 bits per heavy atom. The first kappa shape index (κ1) is 12.8. The zero-order valence-electron chi connectivity index (χ0n) is 11.5. The molecule has 1 aliphatic rings. The van der Waals surface area contributed by atoms with Crippen molar-refractivity contribution in [3.8, 4) is 5.75 Å². The molecule has 0 aromatic heterocycles. The van der Waals surface area contributed by atoms with Gasteiger partial charge in [0.25, 0.3) is 0 Å². The number of phenols is 1. The number of carbonyl (C=O) groups excluding carboxylic acids is 1. The monoisotopic (exact) mass is 270 g/mol. The fraction of sp³-hybridized carbons (Fsp3) is 0.312. The lowest BCUT2D eigenvalue weighted by Gasteiger charge is -2.18. The summed E-state index contributed by atoms with van der Waals surface area (Å²) in [5.41, 5.74) is 3.87. The number of amides is 1. The zero-order chi connectivity index (χ0) is 14.1. The molecular weight excluding hydrogens is 252 g/mol. The summed E-state index contributed by atoms with van der Waals surface area (Å²) < 4.78 is 0. The molecule has 2 aromatic carbocycles. The quantitative estimate of drug-likeness (QED) is 0.901. The summed E-state index contributed by atoms with van der Waals surface area (Å²) >= 11 is 0. The van der Waals surface area contributed by atoms with Crippen LogP contribution in [0.2, 0.25) is 0 Å². The number of carbonyl (C=O) groups is 1. The van der Waals surface area contributed by atoms with Crippen molar-refractivity contribution >= 4 is 22.4 Å². The minimum absolute atomic E-state index is 0.0693. The molecule has 1 heterocycles. The van der Waals surface area contributed by atoms with Gasteiger partial charge in [-0.2, -0.15) is 0 Å². The molecule has 2 aromatic rings. The standard InChI is InChI=1S/C16H18N2O2/c1-2-3-12-10-18(17-16(12)20)14-6-4-11-5-7-15(19)9-13(11)8-14/h4-9,12,19H,2-3,10H2,1H3,(H,17,20). The molecule has 0 aliphatic carbocycles. The number of hydrazine groups is 1. The van der Waals surface area contributed by atoms with E-state index in [1.54, 1.807) is 12.1 Å². The Morgan fingerprint density at radius 3 is 2.85 bits per heavy atom. The predicted octanol–water partition coefficient (Wildman–Crippen LogP) is 2.81. The normalized spacial score (nSPS) is 18.6. The van der Waals surface area contributed by atoms with E-state index in [9.17, 15) is 9.90 Å². The maximum atomic E-state index is 11.9. The van der Waals surface area contributed by atoms with Crippen molar-refractivity contribution in [2.45, 2.75) is 19.8 Å². The highest BCUT2D eigenvalue weighted by Crippen LogP contribution is 2.27. The zero-order valence-corrected chi connectivity index (χ0v) is 11.5. The molecule has 1 fully saturated rings. The molecule has 4 heteroatoms. The van der Waals surface area contributed by atoms with Crippen molar-refractivity contribution in [1.29, 1.82) is 0 Å². The summed E-state index contributed by atoms with van der Waals surface area (Å²) in [7, 11) is 0. The van der Waals surface area contributed by atoms with E-state index in [4.69, 9.17) is 0 Å². The second-order valence-electron chi connectivity index (χ2n) is 5.29. The van der Waals surface area contributed by atoms with E-state index in [0.29, 0.717) is 6.54 Å². The van der Waals surface area contributed by atoms with Gasteiger partial charge in [0.1, 0.15) is 5.75 Å². The predicted molar refractivity (Wildman–Crippen MR) is 79.5 cm³/mol. The first-order valence-electron chi connectivity index (χ1n) is 6.98. The van der Waals surface area contributed by atoms with Crippen LogP contribution in [0.1, 0.15) is 19.8 Å². The number of phenolic OH excluding ortho intramolecular Hbond substituents is 1. The van der Waals surface area contributed by atoms with Gasteiger partial charge in [-0.1, -0.05) is 25.5 Å². The molecule has 1 aliphatic heterocycles. The summed E-state index contributed by atoms with van der Waals surface area (Å²) in [5, 5.41) is 13.5. The summed E-state index contributed by atoms with van der Waals surface area (Å²) in [6.45, 7) is 2.80. The largest absolute Gasteiger partial charge is 0.508 e. The minimum Gasteiger partial charge on any atom is -0.508 e. The van der Waals surface area contributed by atoms with Gasteiger partial charge in [-0.3, -0.25) is 15.2 Å². The maximum absolute atomic E-state index is 11.9. The number of nitrogens with zero attached hydrogens (tertiary/aromatic N) is 1. The third-order valence-electron chi connectivity index (χ3n) is 3.78. The van der Waals surface area contributed by atoms with Crippen LogP contribution < -0.4 is 10.4 Å². The van der Waals surface area contributed by atoms with E-state index >= 15 is 0 Å². The smallest absolute Gasteiger partial charge is 0.243 e. The topological polar surface area (TPSA) is 52.6 Å². The molecule has 2 N–H and O–H groups in total. The number of fused-ring (bicyclic) bond motifs is 1. The number of hydrogen-bond donors (Lipinski definition) is 2. The SMILES string of the molecule is CCCC1CN(c2ccc3ccc(O)cc3c2)NC1=O. The Bertz CT molecular complexity index is 654. The Labute approximate surface area is 118 Å². The molecule has 20 heavy (non-hydrogen) atoms. The van der Waals surface area contributed by atoms with Gasteiger partial charge in [0.2, 0.25) is 5.91 Å². The third kappa shape index (κ3) is 2.29. The summed E-state index contributed by atoms with van der Waals surface area (Å²) in [4.78, 5) is 11.9. The molecule has 0 spiro atoms. The van der Waals surface area contributed by atoms with Crippen molar-refractivity contribution < 1.29 is 9.90 Å². The van der Waals surface area contributed by atoms with Crippen molar-refractivity contribution in [1.82, 2.24) is 5.43 Å². The van der Waals surface area contributed by atoms with Crippen LogP contribution >= 0.6 is 0 Å². The molecule has 1 amide bonds. The highest BCUT2D eigenvalue weighted by Gasteiger charge is 2.29. The number of hydrogen-bond acceptors (Lipinski definition) is 3. The van der Waals surface area contributed by atoms with Crippen molar-refractivity contribution in [3.63, 3.8) is 0 Å². The number of benzene rings is 2. The van der Waals surface area contributed by atoms with E-state index in [-0.39, 0.29) is 17.6 Å². The van der Waals surface area contributed by atoms with Crippen LogP contribution in [0.3, 0.4) is 0 Å². The van der Waals surface area contributed by atoms with Crippen LogP contribution in [0, 0.1) is 5.92 Å². The average molecular weight is 270 g/mol. The summed E-state index contributed by atoms with van der Waals surface area (Å²) in [6.07, 6.45) is 1.92. The average Bonchev–Trinajstić information content (AvgIpc) is 2.80. The van der Waals surface area contributed by atoms with E-state index < -0.39 is 0 Å². The van der Waals surface area contributed by atoms with Gasteiger partial charge in [-0.25, -0.2) is 0 Å². The molecule has 104 valence electrons. The summed E-state index contributed by atoms with van der Waals surface area (Å²) in [6, 6.07) is 11.3. The van der Waals surface area contributed by atoms with Gasteiger partial charge in [-0.05, 0) is 41.5 Å². The Morgan fingerprint density at radius 2 is 2.05 bits per heavy atom. The van der Waals surface area contributed by atoms with E-state index in [1.807, 2.05) is 29.3 Å². The highest BCUT2D eigenvalue weighted by atomic mass is 16.3. The number of aromatic hydroxyl groups is 1. The minimum atomic E-state index is 0.0693. The van der Waals surface area contributed by atoms with E-state index in [0.717, 1.165) is 29.3 Å². The molecule has 3 rings (SSSR count). The number of anilines is 1. The van der Waals surface area contributed by atoms with Gasteiger partial charge >= 0.3 is 0 Å². The Kier molecular flexibility index (Phi) is 3.22. The third-order valence-corrected chi connectivity index (χ3v) is 3.78. The van der Waals surface area contributed by atoms with Gasteiger partial charge in [0.15, 0.2) is 0 Å². The maximum Gasteiger partial charge on any atom is 0.243 e.